The zero-order chi connectivity index (χ0) is 17.9. The molecular formula is C20H14F3NO. The van der Waals surface area contributed by atoms with E-state index in [1.54, 1.807) is 6.07 Å². The predicted molar refractivity (Wildman–Crippen MR) is 93.4 cm³/mol. The number of carbonyl (C=O) groups excluding carboxylic acids is 1. The van der Waals surface area contributed by atoms with Gasteiger partial charge in [0.25, 0.3) is 5.91 Å². The molecule has 0 saturated carbocycles. The van der Waals surface area contributed by atoms with E-state index in [9.17, 15) is 18.0 Å². The number of amides is 1. The van der Waals surface area contributed by atoms with Crippen molar-refractivity contribution in [3.05, 3.63) is 83.9 Å². The lowest BCUT2D eigenvalue weighted by molar-refractivity contribution is -0.0790. The number of carbonyl (C=O) groups is 1. The third-order valence-electron chi connectivity index (χ3n) is 3.64. The molecule has 3 aromatic rings. The van der Waals surface area contributed by atoms with Crippen LogP contribution in [0.25, 0.3) is 16.8 Å². The van der Waals surface area contributed by atoms with Crippen LogP contribution in [0.15, 0.2) is 72.8 Å². The van der Waals surface area contributed by atoms with Gasteiger partial charge in [-0.25, -0.2) is 0 Å². The second-order valence-electron chi connectivity index (χ2n) is 5.51. The maximum Gasteiger partial charge on any atom is 0.409 e. The highest BCUT2D eigenvalue weighted by Crippen LogP contribution is 2.20. The molecule has 3 rings (SSSR count). The molecule has 3 aromatic carbocycles. The SMILES string of the molecule is O=C(Nc1ccc2ccccc2c1)c1ccc(C=CC(F)(F)F)cc1. The van der Waals surface area contributed by atoms with Gasteiger partial charge in [-0.2, -0.15) is 13.2 Å². The minimum atomic E-state index is -4.36. The summed E-state index contributed by atoms with van der Waals surface area (Å²) >= 11 is 0. The van der Waals surface area contributed by atoms with Gasteiger partial charge in [0.2, 0.25) is 0 Å². The van der Waals surface area contributed by atoms with Crippen molar-refractivity contribution >= 4 is 28.4 Å². The molecule has 0 spiro atoms. The van der Waals surface area contributed by atoms with Crippen LogP contribution in [-0.2, 0) is 0 Å². The van der Waals surface area contributed by atoms with E-state index < -0.39 is 6.18 Å². The Morgan fingerprint density at radius 3 is 2.24 bits per heavy atom. The van der Waals surface area contributed by atoms with E-state index >= 15 is 0 Å². The van der Waals surface area contributed by atoms with E-state index in [2.05, 4.69) is 5.32 Å². The fourth-order valence-electron chi connectivity index (χ4n) is 2.41. The fourth-order valence-corrected chi connectivity index (χ4v) is 2.41. The minimum absolute atomic E-state index is 0.164. The molecule has 1 N–H and O–H groups in total. The summed E-state index contributed by atoms with van der Waals surface area (Å²) in [7, 11) is 0. The van der Waals surface area contributed by atoms with Crippen LogP contribution < -0.4 is 5.32 Å². The number of rotatable bonds is 3. The van der Waals surface area contributed by atoms with Crippen LogP contribution in [0.5, 0.6) is 0 Å². The van der Waals surface area contributed by atoms with Crippen LogP contribution in [0.4, 0.5) is 18.9 Å². The largest absolute Gasteiger partial charge is 0.409 e. The van der Waals surface area contributed by atoms with E-state index in [0.29, 0.717) is 16.8 Å². The molecule has 0 bridgehead atoms. The molecule has 5 heteroatoms. The van der Waals surface area contributed by atoms with Gasteiger partial charge >= 0.3 is 6.18 Å². The maximum absolute atomic E-state index is 12.3. The Morgan fingerprint density at radius 2 is 1.56 bits per heavy atom. The molecule has 0 aliphatic rings. The number of benzene rings is 3. The fraction of sp³-hybridized carbons (Fsp3) is 0.0500. The molecule has 0 heterocycles. The number of anilines is 1. The molecule has 0 aliphatic heterocycles. The summed E-state index contributed by atoms with van der Waals surface area (Å²) in [5.41, 5.74) is 1.40. The number of hydrogen-bond acceptors (Lipinski definition) is 1. The number of allylic oxidation sites excluding steroid dienone is 1. The van der Waals surface area contributed by atoms with Crippen LogP contribution in [0.1, 0.15) is 15.9 Å². The zero-order valence-corrected chi connectivity index (χ0v) is 13.0. The molecule has 25 heavy (non-hydrogen) atoms. The van der Waals surface area contributed by atoms with Crippen LogP contribution >= 0.6 is 0 Å². The van der Waals surface area contributed by atoms with Crippen LogP contribution in [0, 0.1) is 0 Å². The number of halogens is 3. The van der Waals surface area contributed by atoms with Gasteiger partial charge < -0.3 is 5.32 Å². The lowest BCUT2D eigenvalue weighted by atomic mass is 10.1. The normalized spacial score (nSPS) is 11.8. The molecule has 0 aliphatic carbocycles. The Kier molecular flexibility index (Phi) is 4.57. The van der Waals surface area contributed by atoms with E-state index in [1.807, 2.05) is 36.4 Å². The highest BCUT2D eigenvalue weighted by Gasteiger charge is 2.21. The van der Waals surface area contributed by atoms with Crippen molar-refractivity contribution in [3.8, 4) is 0 Å². The van der Waals surface area contributed by atoms with Crippen molar-refractivity contribution in [3.63, 3.8) is 0 Å². The molecule has 0 saturated heterocycles. The highest BCUT2D eigenvalue weighted by molar-refractivity contribution is 6.05. The molecular weight excluding hydrogens is 327 g/mol. The molecule has 1 amide bonds. The first-order valence-electron chi connectivity index (χ1n) is 7.57. The van der Waals surface area contributed by atoms with Crippen molar-refractivity contribution in [1.29, 1.82) is 0 Å². The lowest BCUT2D eigenvalue weighted by Crippen LogP contribution is -2.11. The van der Waals surface area contributed by atoms with Crippen LogP contribution in [-0.4, -0.2) is 12.1 Å². The molecule has 0 atom stereocenters. The summed E-state index contributed by atoms with van der Waals surface area (Å²) in [6.45, 7) is 0. The maximum atomic E-state index is 12.3. The molecule has 126 valence electrons. The summed E-state index contributed by atoms with van der Waals surface area (Å²) in [4.78, 5) is 12.3. The first-order chi connectivity index (χ1) is 11.9. The summed E-state index contributed by atoms with van der Waals surface area (Å²) in [6.07, 6.45) is -3.23. The van der Waals surface area contributed by atoms with Gasteiger partial charge in [-0.15, -0.1) is 0 Å². The van der Waals surface area contributed by atoms with Gasteiger partial charge in [-0.05, 0) is 40.6 Å². The average molecular weight is 341 g/mol. The number of alkyl halides is 3. The Balaban J connectivity index is 1.73. The zero-order valence-electron chi connectivity index (χ0n) is 13.0. The number of fused-ring (bicyclic) bond motifs is 1. The molecule has 2 nitrogen and oxygen atoms in total. The summed E-state index contributed by atoms with van der Waals surface area (Å²) in [5.74, 6) is -0.318. The van der Waals surface area contributed by atoms with Crippen molar-refractivity contribution in [2.75, 3.05) is 5.32 Å². The predicted octanol–water partition coefficient (Wildman–Crippen LogP) is 5.67. The Morgan fingerprint density at radius 1 is 0.880 bits per heavy atom. The smallest absolute Gasteiger partial charge is 0.322 e. The van der Waals surface area contributed by atoms with Crippen molar-refractivity contribution in [1.82, 2.24) is 0 Å². The van der Waals surface area contributed by atoms with Gasteiger partial charge in [-0.3, -0.25) is 4.79 Å². The van der Waals surface area contributed by atoms with Gasteiger partial charge in [-0.1, -0.05) is 48.5 Å². The lowest BCUT2D eigenvalue weighted by Gasteiger charge is -2.07. The van der Waals surface area contributed by atoms with Crippen LogP contribution in [0.3, 0.4) is 0 Å². The Hall–Kier alpha value is -3.08. The summed E-state index contributed by atoms with van der Waals surface area (Å²) in [6, 6.07) is 19.3. The summed E-state index contributed by atoms with van der Waals surface area (Å²) < 4.78 is 36.5. The molecule has 0 radical (unpaired) electrons. The first kappa shape index (κ1) is 16.8. The van der Waals surface area contributed by atoms with Crippen molar-refractivity contribution < 1.29 is 18.0 Å². The molecule has 0 fully saturated rings. The standard InChI is InChI=1S/C20H14F3NO/c21-20(22,23)12-11-14-5-7-16(8-6-14)19(25)24-18-10-9-15-3-1-2-4-17(15)13-18/h1-13H,(H,24,25). The van der Waals surface area contributed by atoms with Gasteiger partial charge in [0.15, 0.2) is 0 Å². The second-order valence-corrected chi connectivity index (χ2v) is 5.51. The number of nitrogens with one attached hydrogen (secondary N) is 1. The Bertz CT molecular complexity index is 928. The van der Waals surface area contributed by atoms with E-state index in [0.717, 1.165) is 16.8 Å². The Labute approximate surface area is 142 Å². The van der Waals surface area contributed by atoms with Crippen molar-refractivity contribution in [2.45, 2.75) is 6.18 Å². The van der Waals surface area contributed by atoms with Gasteiger partial charge in [0, 0.05) is 17.3 Å². The summed E-state index contributed by atoms with van der Waals surface area (Å²) in [5, 5.41) is 4.87. The average Bonchev–Trinajstić information content (AvgIpc) is 2.59. The highest BCUT2D eigenvalue weighted by atomic mass is 19.4. The second kappa shape index (κ2) is 6.81. The van der Waals surface area contributed by atoms with E-state index in [-0.39, 0.29) is 12.0 Å². The monoisotopic (exact) mass is 341 g/mol. The molecule has 0 unspecified atom stereocenters. The topological polar surface area (TPSA) is 29.1 Å². The van der Waals surface area contributed by atoms with Crippen molar-refractivity contribution in [2.24, 2.45) is 0 Å². The molecule has 0 aromatic heterocycles. The first-order valence-corrected chi connectivity index (χ1v) is 7.57. The van der Waals surface area contributed by atoms with Crippen LogP contribution in [0.2, 0.25) is 0 Å². The van der Waals surface area contributed by atoms with Gasteiger partial charge in [0.1, 0.15) is 0 Å². The third-order valence-corrected chi connectivity index (χ3v) is 3.64. The minimum Gasteiger partial charge on any atom is -0.322 e. The van der Waals surface area contributed by atoms with E-state index in [1.165, 1.54) is 24.3 Å². The van der Waals surface area contributed by atoms with Gasteiger partial charge in [0.05, 0.1) is 0 Å². The quantitative estimate of drug-likeness (QED) is 0.653. The third kappa shape index (κ3) is 4.47. The number of hydrogen-bond donors (Lipinski definition) is 1. The van der Waals surface area contributed by atoms with E-state index in [4.69, 9.17) is 0 Å².